The third-order valence-corrected chi connectivity index (χ3v) is 5.09. The van der Waals surface area contributed by atoms with Crippen molar-refractivity contribution < 1.29 is 17.9 Å². The Hall–Kier alpha value is -0.860. The van der Waals surface area contributed by atoms with Gasteiger partial charge in [-0.15, -0.1) is 12.4 Å². The van der Waals surface area contributed by atoms with E-state index in [2.05, 4.69) is 9.46 Å². The van der Waals surface area contributed by atoms with Crippen LogP contribution in [0.1, 0.15) is 23.2 Å². The maximum absolute atomic E-state index is 12.3. The number of hydrogen-bond acceptors (Lipinski definition) is 5. The summed E-state index contributed by atoms with van der Waals surface area (Å²) in [5.41, 5.74) is 5.77. The Morgan fingerprint density at radius 3 is 2.68 bits per heavy atom. The molecule has 6 nitrogen and oxygen atoms in total. The SMILES string of the molecule is COC(=O)c1cc(Cl)ccc1S(=O)(=O)NCC(N)C1CC1.Cl. The van der Waals surface area contributed by atoms with E-state index >= 15 is 0 Å². The molecule has 1 aromatic carbocycles. The molecule has 2 rings (SSSR count). The van der Waals surface area contributed by atoms with Crippen LogP contribution in [-0.4, -0.2) is 34.1 Å². The minimum absolute atomic E-state index is 0. The quantitative estimate of drug-likeness (QED) is 0.742. The first kappa shape index (κ1) is 19.2. The van der Waals surface area contributed by atoms with Crippen molar-refractivity contribution in [2.45, 2.75) is 23.8 Å². The molecule has 0 saturated heterocycles. The summed E-state index contributed by atoms with van der Waals surface area (Å²) in [7, 11) is -2.68. The molecule has 124 valence electrons. The number of carbonyl (C=O) groups is 1. The zero-order valence-corrected chi connectivity index (χ0v) is 14.3. The van der Waals surface area contributed by atoms with Gasteiger partial charge in [-0.3, -0.25) is 0 Å². The standard InChI is InChI=1S/C13H17ClN2O4S.ClH/c1-20-13(17)10-6-9(14)4-5-12(10)21(18,19)16-7-11(15)8-2-3-8;/h4-6,8,11,16H,2-3,7,15H2,1H3;1H. The van der Waals surface area contributed by atoms with Gasteiger partial charge < -0.3 is 10.5 Å². The monoisotopic (exact) mass is 368 g/mol. The predicted molar refractivity (Wildman–Crippen MR) is 85.9 cm³/mol. The minimum Gasteiger partial charge on any atom is -0.465 e. The van der Waals surface area contributed by atoms with Crippen LogP contribution in [0, 0.1) is 5.92 Å². The van der Waals surface area contributed by atoms with Gasteiger partial charge in [0.15, 0.2) is 0 Å². The molecule has 0 heterocycles. The highest BCUT2D eigenvalue weighted by molar-refractivity contribution is 7.89. The summed E-state index contributed by atoms with van der Waals surface area (Å²) in [5.74, 6) is -0.387. The van der Waals surface area contributed by atoms with E-state index in [1.807, 2.05) is 0 Å². The zero-order chi connectivity index (χ0) is 15.6. The van der Waals surface area contributed by atoms with Crippen LogP contribution in [0.25, 0.3) is 0 Å². The van der Waals surface area contributed by atoms with Gasteiger partial charge in [0.2, 0.25) is 10.0 Å². The molecular weight excluding hydrogens is 351 g/mol. The lowest BCUT2D eigenvalue weighted by molar-refractivity contribution is 0.0596. The Morgan fingerprint density at radius 1 is 1.50 bits per heavy atom. The van der Waals surface area contributed by atoms with Gasteiger partial charge in [-0.25, -0.2) is 17.9 Å². The van der Waals surface area contributed by atoms with E-state index in [1.165, 1.54) is 25.3 Å². The fourth-order valence-corrected chi connectivity index (χ4v) is 3.40. The number of sulfonamides is 1. The fraction of sp³-hybridized carbons (Fsp3) is 0.462. The molecular formula is C13H18Cl2N2O4S. The fourth-order valence-electron chi connectivity index (χ4n) is 1.98. The average Bonchev–Trinajstić information content (AvgIpc) is 3.28. The Bertz CT molecular complexity index is 647. The van der Waals surface area contributed by atoms with Crippen LogP contribution in [0.4, 0.5) is 0 Å². The average molecular weight is 369 g/mol. The van der Waals surface area contributed by atoms with Crippen molar-refractivity contribution >= 4 is 40.0 Å². The number of hydrogen-bond donors (Lipinski definition) is 2. The van der Waals surface area contributed by atoms with E-state index in [-0.39, 0.29) is 40.5 Å². The largest absolute Gasteiger partial charge is 0.465 e. The van der Waals surface area contributed by atoms with Crippen LogP contribution in [0.3, 0.4) is 0 Å². The number of nitrogens with two attached hydrogens (primary N) is 1. The predicted octanol–water partition coefficient (Wildman–Crippen LogP) is 1.56. The van der Waals surface area contributed by atoms with Crippen molar-refractivity contribution in [3.05, 3.63) is 28.8 Å². The van der Waals surface area contributed by atoms with Crippen LogP contribution in [0.2, 0.25) is 5.02 Å². The van der Waals surface area contributed by atoms with Gasteiger partial charge in [0, 0.05) is 17.6 Å². The van der Waals surface area contributed by atoms with E-state index < -0.39 is 16.0 Å². The number of halogens is 2. The first-order chi connectivity index (χ1) is 9.85. The molecule has 1 atom stereocenters. The Morgan fingerprint density at radius 2 is 2.14 bits per heavy atom. The highest BCUT2D eigenvalue weighted by Gasteiger charge is 2.30. The van der Waals surface area contributed by atoms with Crippen LogP contribution in [0.5, 0.6) is 0 Å². The molecule has 0 radical (unpaired) electrons. The maximum atomic E-state index is 12.3. The van der Waals surface area contributed by atoms with E-state index in [4.69, 9.17) is 17.3 Å². The summed E-state index contributed by atoms with van der Waals surface area (Å²) < 4.78 is 31.6. The van der Waals surface area contributed by atoms with Gasteiger partial charge in [-0.2, -0.15) is 0 Å². The molecule has 0 aliphatic heterocycles. The molecule has 22 heavy (non-hydrogen) atoms. The Balaban J connectivity index is 0.00000242. The molecule has 0 bridgehead atoms. The summed E-state index contributed by atoms with van der Waals surface area (Å²) in [6, 6.07) is 3.74. The van der Waals surface area contributed by atoms with Crippen LogP contribution in [0.15, 0.2) is 23.1 Å². The smallest absolute Gasteiger partial charge is 0.339 e. The summed E-state index contributed by atoms with van der Waals surface area (Å²) in [5, 5.41) is 0.254. The lowest BCUT2D eigenvalue weighted by Crippen LogP contribution is -2.38. The van der Waals surface area contributed by atoms with Crippen molar-refractivity contribution in [3.8, 4) is 0 Å². The van der Waals surface area contributed by atoms with Crippen molar-refractivity contribution in [1.29, 1.82) is 0 Å². The summed E-state index contributed by atoms with van der Waals surface area (Å²) in [6.45, 7) is 0.135. The lowest BCUT2D eigenvalue weighted by atomic mass is 10.2. The molecule has 1 aromatic rings. The number of ether oxygens (including phenoxy) is 1. The molecule has 1 saturated carbocycles. The van der Waals surface area contributed by atoms with Crippen molar-refractivity contribution in [2.75, 3.05) is 13.7 Å². The number of carbonyl (C=O) groups excluding carboxylic acids is 1. The van der Waals surface area contributed by atoms with E-state index in [1.54, 1.807) is 0 Å². The third kappa shape index (κ3) is 4.57. The zero-order valence-electron chi connectivity index (χ0n) is 11.9. The first-order valence-electron chi connectivity index (χ1n) is 6.48. The second kappa shape index (κ2) is 7.61. The number of esters is 1. The first-order valence-corrected chi connectivity index (χ1v) is 8.34. The molecule has 1 aliphatic rings. The molecule has 3 N–H and O–H groups in total. The van der Waals surface area contributed by atoms with Crippen LogP contribution < -0.4 is 10.5 Å². The normalized spacial score (nSPS) is 15.8. The highest BCUT2D eigenvalue weighted by Crippen LogP contribution is 2.31. The molecule has 0 aromatic heterocycles. The summed E-state index contributed by atoms with van der Waals surface area (Å²) in [4.78, 5) is 11.5. The second-order valence-electron chi connectivity index (χ2n) is 4.99. The van der Waals surface area contributed by atoms with E-state index in [0.29, 0.717) is 5.92 Å². The van der Waals surface area contributed by atoms with Gasteiger partial charge >= 0.3 is 5.97 Å². The summed E-state index contributed by atoms with van der Waals surface area (Å²) >= 11 is 5.80. The number of benzene rings is 1. The molecule has 0 amide bonds. The van der Waals surface area contributed by atoms with Gasteiger partial charge in [0.25, 0.3) is 0 Å². The van der Waals surface area contributed by atoms with Crippen LogP contribution >= 0.6 is 24.0 Å². The maximum Gasteiger partial charge on any atom is 0.339 e. The molecule has 1 aliphatic carbocycles. The topological polar surface area (TPSA) is 98.5 Å². The van der Waals surface area contributed by atoms with Gasteiger partial charge in [0.05, 0.1) is 17.6 Å². The van der Waals surface area contributed by atoms with Crippen molar-refractivity contribution in [1.82, 2.24) is 4.72 Å². The minimum atomic E-state index is -3.85. The molecule has 1 fully saturated rings. The second-order valence-corrected chi connectivity index (χ2v) is 7.16. The number of methoxy groups -OCH3 is 1. The molecule has 1 unspecified atom stereocenters. The number of rotatable bonds is 6. The highest BCUT2D eigenvalue weighted by atomic mass is 35.5. The Labute approximate surface area is 140 Å². The van der Waals surface area contributed by atoms with Crippen molar-refractivity contribution in [2.24, 2.45) is 11.7 Å². The van der Waals surface area contributed by atoms with E-state index in [9.17, 15) is 13.2 Å². The number of nitrogens with one attached hydrogen (secondary N) is 1. The lowest BCUT2D eigenvalue weighted by Gasteiger charge is -2.14. The van der Waals surface area contributed by atoms with Gasteiger partial charge in [-0.05, 0) is 37.0 Å². The summed E-state index contributed by atoms with van der Waals surface area (Å²) in [6.07, 6.45) is 2.05. The van der Waals surface area contributed by atoms with Crippen LogP contribution in [-0.2, 0) is 14.8 Å². The van der Waals surface area contributed by atoms with E-state index in [0.717, 1.165) is 12.8 Å². The van der Waals surface area contributed by atoms with Gasteiger partial charge in [0.1, 0.15) is 0 Å². The van der Waals surface area contributed by atoms with Gasteiger partial charge in [-0.1, -0.05) is 11.6 Å². The molecule has 9 heteroatoms. The van der Waals surface area contributed by atoms with Crippen molar-refractivity contribution in [3.63, 3.8) is 0 Å². The Kier molecular flexibility index (Phi) is 6.64. The molecule has 0 spiro atoms. The third-order valence-electron chi connectivity index (χ3n) is 3.37.